The summed E-state index contributed by atoms with van der Waals surface area (Å²) in [7, 11) is 1.85. The molecule has 0 saturated carbocycles. The maximum atomic E-state index is 5.89. The number of rotatable bonds is 1. The quantitative estimate of drug-likeness (QED) is 0.730. The highest BCUT2D eigenvalue weighted by Gasteiger charge is 2.05. The third kappa shape index (κ3) is 1.76. The summed E-state index contributed by atoms with van der Waals surface area (Å²) in [6, 6.07) is 9.41. The van der Waals surface area contributed by atoms with Crippen molar-refractivity contribution in [2.24, 2.45) is 7.05 Å². The van der Waals surface area contributed by atoms with Gasteiger partial charge in [0.05, 0.1) is 5.69 Å². The second kappa shape index (κ2) is 3.64. The molecule has 0 fully saturated rings. The normalized spacial score (nSPS) is 10.5. The van der Waals surface area contributed by atoms with Gasteiger partial charge in [-0.05, 0) is 12.1 Å². The summed E-state index contributed by atoms with van der Waals surface area (Å²) in [5, 5.41) is 5.25. The Morgan fingerprint density at radius 2 is 2.00 bits per heavy atom. The number of benzene rings is 1. The van der Waals surface area contributed by atoms with Crippen molar-refractivity contribution in [3.05, 3.63) is 40.5 Å². The van der Waals surface area contributed by atoms with Gasteiger partial charge in [-0.25, -0.2) is 0 Å². The molecular weight excluding hydrogens is 219 g/mol. The summed E-state index contributed by atoms with van der Waals surface area (Å²) in [6.45, 7) is 0. The topological polar surface area (TPSA) is 17.8 Å². The molecule has 2 aromatic rings. The van der Waals surface area contributed by atoms with Crippen molar-refractivity contribution in [2.45, 2.75) is 0 Å². The molecule has 0 aliphatic heterocycles. The zero-order chi connectivity index (χ0) is 10.1. The van der Waals surface area contributed by atoms with E-state index in [1.54, 1.807) is 4.68 Å². The van der Waals surface area contributed by atoms with Gasteiger partial charge < -0.3 is 0 Å². The Morgan fingerprint density at radius 1 is 1.21 bits per heavy atom. The first kappa shape index (κ1) is 9.56. The number of hydrogen-bond acceptors (Lipinski definition) is 1. The van der Waals surface area contributed by atoms with Gasteiger partial charge in [0, 0.05) is 23.7 Å². The first-order chi connectivity index (χ1) is 6.66. The number of hydrogen-bond donors (Lipinski definition) is 0. The van der Waals surface area contributed by atoms with Gasteiger partial charge in [-0.15, -0.1) is 0 Å². The summed E-state index contributed by atoms with van der Waals surface area (Å²) >= 11 is 11.7. The fourth-order valence-corrected chi connectivity index (χ4v) is 1.76. The van der Waals surface area contributed by atoms with Crippen LogP contribution >= 0.6 is 23.2 Å². The molecule has 2 nitrogen and oxygen atoms in total. The Bertz CT molecular complexity index is 463. The average molecular weight is 227 g/mol. The van der Waals surface area contributed by atoms with Crippen LogP contribution in [-0.4, -0.2) is 9.78 Å². The van der Waals surface area contributed by atoms with Crippen molar-refractivity contribution >= 4 is 23.2 Å². The van der Waals surface area contributed by atoms with E-state index in [4.69, 9.17) is 23.2 Å². The molecule has 72 valence electrons. The summed E-state index contributed by atoms with van der Waals surface area (Å²) in [6.07, 6.45) is 0. The predicted octanol–water partition coefficient (Wildman–Crippen LogP) is 3.39. The molecule has 14 heavy (non-hydrogen) atoms. The summed E-state index contributed by atoms with van der Waals surface area (Å²) in [4.78, 5) is 0. The van der Waals surface area contributed by atoms with Crippen molar-refractivity contribution in [1.29, 1.82) is 0 Å². The lowest BCUT2D eigenvalue weighted by Crippen LogP contribution is -1.92. The van der Waals surface area contributed by atoms with Gasteiger partial charge in [-0.3, -0.25) is 4.68 Å². The van der Waals surface area contributed by atoms with Crippen LogP contribution in [0.1, 0.15) is 0 Å². The highest BCUT2D eigenvalue weighted by atomic mass is 35.5. The zero-order valence-electron chi connectivity index (χ0n) is 7.54. The number of halogens is 2. The molecule has 0 atom stereocenters. The van der Waals surface area contributed by atoms with E-state index in [-0.39, 0.29) is 0 Å². The molecule has 0 radical (unpaired) electrons. The van der Waals surface area contributed by atoms with Crippen molar-refractivity contribution < 1.29 is 0 Å². The highest BCUT2D eigenvalue weighted by molar-refractivity contribution is 6.31. The number of aromatic nitrogens is 2. The van der Waals surface area contributed by atoms with Gasteiger partial charge in [0.2, 0.25) is 0 Å². The fourth-order valence-electron chi connectivity index (χ4n) is 1.35. The maximum absolute atomic E-state index is 5.89. The van der Waals surface area contributed by atoms with Gasteiger partial charge in [0.1, 0.15) is 0 Å². The maximum Gasteiger partial charge on any atom is 0.151 e. The molecule has 0 saturated heterocycles. The molecule has 0 aliphatic carbocycles. The van der Waals surface area contributed by atoms with Crippen molar-refractivity contribution in [2.75, 3.05) is 0 Å². The Hall–Kier alpha value is -0.990. The molecule has 4 heteroatoms. The number of nitrogens with zero attached hydrogens (tertiary/aromatic N) is 2. The Morgan fingerprint density at radius 3 is 2.57 bits per heavy atom. The monoisotopic (exact) mass is 226 g/mol. The highest BCUT2D eigenvalue weighted by Crippen LogP contribution is 2.24. The zero-order valence-corrected chi connectivity index (χ0v) is 9.05. The molecule has 0 amide bonds. The minimum Gasteiger partial charge on any atom is -0.266 e. The van der Waals surface area contributed by atoms with Gasteiger partial charge >= 0.3 is 0 Å². The Kier molecular flexibility index (Phi) is 2.48. The van der Waals surface area contributed by atoms with Crippen LogP contribution in [0.5, 0.6) is 0 Å². The Balaban J connectivity index is 2.54. The van der Waals surface area contributed by atoms with Gasteiger partial charge in [-0.1, -0.05) is 35.3 Å². The summed E-state index contributed by atoms with van der Waals surface area (Å²) in [5.74, 6) is 0. The van der Waals surface area contributed by atoms with Gasteiger partial charge in [0.15, 0.2) is 5.15 Å². The largest absolute Gasteiger partial charge is 0.266 e. The van der Waals surface area contributed by atoms with Crippen molar-refractivity contribution in [3.63, 3.8) is 0 Å². The second-order valence-corrected chi connectivity index (χ2v) is 3.81. The van der Waals surface area contributed by atoms with E-state index in [1.807, 2.05) is 37.4 Å². The standard InChI is InChI=1S/C10H8Cl2N2/c1-14-9(6-10(12)13-14)7-3-2-4-8(11)5-7/h2-6H,1H3. The summed E-state index contributed by atoms with van der Waals surface area (Å²) < 4.78 is 1.73. The first-order valence-corrected chi connectivity index (χ1v) is 4.88. The van der Waals surface area contributed by atoms with Crippen LogP contribution in [0.4, 0.5) is 0 Å². The van der Waals surface area contributed by atoms with Crippen LogP contribution in [0.2, 0.25) is 10.2 Å². The molecule has 0 N–H and O–H groups in total. The SMILES string of the molecule is Cn1nc(Cl)cc1-c1cccc(Cl)c1. The van der Waals surface area contributed by atoms with Crippen LogP contribution in [0.15, 0.2) is 30.3 Å². The van der Waals surface area contributed by atoms with E-state index < -0.39 is 0 Å². The minimum atomic E-state index is 0.488. The van der Waals surface area contributed by atoms with E-state index in [9.17, 15) is 0 Å². The molecule has 1 aromatic carbocycles. The minimum absolute atomic E-state index is 0.488. The molecule has 0 aliphatic rings. The van der Waals surface area contributed by atoms with Crippen molar-refractivity contribution in [1.82, 2.24) is 9.78 Å². The van der Waals surface area contributed by atoms with E-state index in [0.29, 0.717) is 10.2 Å². The third-order valence-corrected chi connectivity index (χ3v) is 2.39. The van der Waals surface area contributed by atoms with E-state index >= 15 is 0 Å². The molecular formula is C10H8Cl2N2. The lowest BCUT2D eigenvalue weighted by Gasteiger charge is -2.01. The summed E-state index contributed by atoms with van der Waals surface area (Å²) in [5.41, 5.74) is 1.97. The van der Waals surface area contributed by atoms with Crippen LogP contribution < -0.4 is 0 Å². The lowest BCUT2D eigenvalue weighted by atomic mass is 10.1. The molecule has 2 rings (SSSR count). The third-order valence-electron chi connectivity index (χ3n) is 1.97. The van der Waals surface area contributed by atoms with Gasteiger partial charge in [-0.2, -0.15) is 5.10 Å². The van der Waals surface area contributed by atoms with Gasteiger partial charge in [0.25, 0.3) is 0 Å². The molecule has 1 heterocycles. The predicted molar refractivity (Wildman–Crippen MR) is 58.7 cm³/mol. The van der Waals surface area contributed by atoms with Crippen LogP contribution in [0.25, 0.3) is 11.3 Å². The smallest absolute Gasteiger partial charge is 0.151 e. The van der Waals surface area contributed by atoms with E-state index in [2.05, 4.69) is 5.10 Å². The molecule has 0 unspecified atom stereocenters. The molecule has 0 bridgehead atoms. The van der Waals surface area contributed by atoms with E-state index in [1.165, 1.54) is 0 Å². The first-order valence-electron chi connectivity index (χ1n) is 4.12. The molecule has 1 aromatic heterocycles. The lowest BCUT2D eigenvalue weighted by molar-refractivity contribution is 0.776. The fraction of sp³-hybridized carbons (Fsp3) is 0.100. The average Bonchev–Trinajstić information content (AvgIpc) is 2.45. The van der Waals surface area contributed by atoms with Crippen molar-refractivity contribution in [3.8, 4) is 11.3 Å². The van der Waals surface area contributed by atoms with E-state index in [0.717, 1.165) is 11.3 Å². The second-order valence-electron chi connectivity index (χ2n) is 2.99. The molecule has 0 spiro atoms. The Labute approximate surface area is 92.1 Å². The number of aryl methyl sites for hydroxylation is 1. The van der Waals surface area contributed by atoms with Crippen LogP contribution in [0, 0.1) is 0 Å². The van der Waals surface area contributed by atoms with Crippen LogP contribution in [0.3, 0.4) is 0 Å². The van der Waals surface area contributed by atoms with Crippen LogP contribution in [-0.2, 0) is 7.05 Å².